The minimum Gasteiger partial charge on any atom is -0.300 e. The van der Waals surface area contributed by atoms with Gasteiger partial charge in [0.05, 0.1) is 5.25 Å². The number of para-hydroxylation sites is 1. The molecule has 4 rings (SSSR count). The number of carbonyl (C=O) groups is 1. The maximum Gasteiger partial charge on any atom is 0.239 e. The van der Waals surface area contributed by atoms with E-state index in [0.717, 1.165) is 16.3 Å². The van der Waals surface area contributed by atoms with Gasteiger partial charge in [0.2, 0.25) is 11.0 Å². The zero-order chi connectivity index (χ0) is 20.2. The highest BCUT2D eigenvalue weighted by molar-refractivity contribution is 8.00. The van der Waals surface area contributed by atoms with E-state index in [4.69, 9.17) is 0 Å². The van der Waals surface area contributed by atoms with Gasteiger partial charge in [0.1, 0.15) is 5.01 Å². The molecule has 0 radical (unpaired) electrons. The second-order valence-corrected chi connectivity index (χ2v) is 8.58. The highest BCUT2D eigenvalue weighted by Gasteiger charge is 2.22. The molecule has 0 unspecified atom stereocenters. The normalized spacial score (nSPS) is 11.9. The number of rotatable bonds is 6. The van der Waals surface area contributed by atoms with E-state index in [2.05, 4.69) is 30.7 Å². The molecule has 1 N–H and O–H groups in total. The number of thioether (sulfide) groups is 1. The van der Waals surface area contributed by atoms with E-state index in [9.17, 15) is 4.79 Å². The summed E-state index contributed by atoms with van der Waals surface area (Å²) < 4.78 is 1.94. The molecule has 0 spiro atoms. The van der Waals surface area contributed by atoms with Gasteiger partial charge in [-0.25, -0.2) is 0 Å². The number of aryl methyl sites for hydroxylation is 1. The molecule has 0 fully saturated rings. The highest BCUT2D eigenvalue weighted by atomic mass is 32.2. The van der Waals surface area contributed by atoms with E-state index in [1.165, 1.54) is 23.1 Å². The first-order valence-corrected chi connectivity index (χ1v) is 10.5. The molecular formula is C19H17N7OS2. The van der Waals surface area contributed by atoms with Crippen molar-refractivity contribution >= 4 is 34.1 Å². The summed E-state index contributed by atoms with van der Waals surface area (Å²) in [7, 11) is 0. The molecule has 0 saturated carbocycles. The molecule has 10 heteroatoms. The summed E-state index contributed by atoms with van der Waals surface area (Å²) in [4.78, 5) is 16.7. The number of nitrogens with one attached hydrogen (secondary N) is 1. The molecule has 0 aliphatic heterocycles. The molecule has 3 heterocycles. The van der Waals surface area contributed by atoms with Gasteiger partial charge in [-0.05, 0) is 38.1 Å². The van der Waals surface area contributed by atoms with Crippen LogP contribution in [0.3, 0.4) is 0 Å². The predicted molar refractivity (Wildman–Crippen MR) is 113 cm³/mol. The standard InChI is InChI=1S/C19H17N7OS2/c1-12(17(27)21-18-24-22-13(2)29-18)28-19-25-23-16(14-8-10-20-11-9-14)26(19)15-6-4-3-5-7-15/h3-12H,1-2H3,(H,21,24,27)/t12-/m0/s1. The lowest BCUT2D eigenvalue weighted by molar-refractivity contribution is -0.115. The second-order valence-electron chi connectivity index (χ2n) is 6.09. The number of pyridine rings is 1. The van der Waals surface area contributed by atoms with E-state index in [1.807, 2.05) is 60.9 Å². The van der Waals surface area contributed by atoms with Crippen LogP contribution in [0.1, 0.15) is 11.9 Å². The number of aromatic nitrogens is 6. The molecule has 3 aromatic heterocycles. The SMILES string of the molecule is Cc1nnc(NC(=O)[C@H](C)Sc2nnc(-c3ccncc3)n2-c2ccccc2)s1. The number of carbonyl (C=O) groups excluding carboxylic acids is 1. The van der Waals surface area contributed by atoms with Crippen LogP contribution in [-0.4, -0.2) is 41.1 Å². The predicted octanol–water partition coefficient (Wildman–Crippen LogP) is 3.61. The minimum atomic E-state index is -0.406. The van der Waals surface area contributed by atoms with Crippen LogP contribution in [0.4, 0.5) is 5.13 Å². The van der Waals surface area contributed by atoms with Gasteiger partial charge in [-0.3, -0.25) is 19.7 Å². The first-order valence-electron chi connectivity index (χ1n) is 8.80. The van der Waals surface area contributed by atoms with Crippen LogP contribution < -0.4 is 5.32 Å². The Morgan fingerprint density at radius 3 is 2.52 bits per heavy atom. The highest BCUT2D eigenvalue weighted by Crippen LogP contribution is 2.30. The Balaban J connectivity index is 1.63. The van der Waals surface area contributed by atoms with Crippen LogP contribution >= 0.6 is 23.1 Å². The van der Waals surface area contributed by atoms with Crippen LogP contribution in [0.25, 0.3) is 17.1 Å². The zero-order valence-electron chi connectivity index (χ0n) is 15.7. The van der Waals surface area contributed by atoms with Crippen LogP contribution in [0, 0.1) is 6.92 Å². The third-order valence-corrected chi connectivity index (χ3v) is 5.79. The first kappa shape index (κ1) is 19.2. The van der Waals surface area contributed by atoms with E-state index >= 15 is 0 Å². The summed E-state index contributed by atoms with van der Waals surface area (Å²) in [5.74, 6) is 0.521. The summed E-state index contributed by atoms with van der Waals surface area (Å²) in [6.45, 7) is 3.67. The maximum atomic E-state index is 12.6. The molecule has 0 bridgehead atoms. The fourth-order valence-corrected chi connectivity index (χ4v) is 4.07. The van der Waals surface area contributed by atoms with Crippen molar-refractivity contribution in [2.45, 2.75) is 24.3 Å². The third-order valence-electron chi connectivity index (χ3n) is 3.99. The van der Waals surface area contributed by atoms with Crippen LogP contribution in [0.15, 0.2) is 60.0 Å². The molecule has 8 nitrogen and oxygen atoms in total. The quantitative estimate of drug-likeness (QED) is 0.473. The van der Waals surface area contributed by atoms with Gasteiger partial charge >= 0.3 is 0 Å². The largest absolute Gasteiger partial charge is 0.300 e. The number of anilines is 1. The molecule has 1 atom stereocenters. The Bertz CT molecular complexity index is 1110. The van der Waals surface area contributed by atoms with Gasteiger partial charge in [0, 0.05) is 23.6 Å². The Hall–Kier alpha value is -3.11. The Kier molecular flexibility index (Phi) is 5.63. The molecule has 0 aliphatic carbocycles. The molecule has 0 aliphatic rings. The van der Waals surface area contributed by atoms with E-state index in [1.54, 1.807) is 12.4 Å². The Morgan fingerprint density at radius 2 is 1.83 bits per heavy atom. The average molecular weight is 424 g/mol. The van der Waals surface area contributed by atoms with Crippen molar-refractivity contribution in [2.24, 2.45) is 0 Å². The van der Waals surface area contributed by atoms with Crippen LogP contribution in [0.5, 0.6) is 0 Å². The lowest BCUT2D eigenvalue weighted by atomic mass is 10.2. The van der Waals surface area contributed by atoms with Crippen molar-refractivity contribution in [1.29, 1.82) is 0 Å². The van der Waals surface area contributed by atoms with Gasteiger partial charge in [0.15, 0.2) is 11.0 Å². The van der Waals surface area contributed by atoms with Crippen molar-refractivity contribution in [3.05, 3.63) is 59.9 Å². The number of hydrogen-bond donors (Lipinski definition) is 1. The van der Waals surface area contributed by atoms with Crippen molar-refractivity contribution < 1.29 is 4.79 Å². The lowest BCUT2D eigenvalue weighted by Crippen LogP contribution is -2.22. The van der Waals surface area contributed by atoms with Crippen LogP contribution in [0.2, 0.25) is 0 Å². The van der Waals surface area contributed by atoms with Crippen molar-refractivity contribution in [2.75, 3.05) is 5.32 Å². The van der Waals surface area contributed by atoms with Crippen molar-refractivity contribution in [3.63, 3.8) is 0 Å². The monoisotopic (exact) mass is 423 g/mol. The van der Waals surface area contributed by atoms with Gasteiger partial charge in [-0.15, -0.1) is 20.4 Å². The third kappa shape index (κ3) is 4.33. The van der Waals surface area contributed by atoms with Crippen LogP contribution in [-0.2, 0) is 4.79 Å². The molecule has 29 heavy (non-hydrogen) atoms. The molecule has 1 amide bonds. The molecular weight excluding hydrogens is 406 g/mol. The van der Waals surface area contributed by atoms with E-state index in [-0.39, 0.29) is 5.91 Å². The van der Waals surface area contributed by atoms with Gasteiger partial charge in [0.25, 0.3) is 0 Å². The number of nitrogens with zero attached hydrogens (tertiary/aromatic N) is 6. The maximum absolute atomic E-state index is 12.6. The summed E-state index contributed by atoms with van der Waals surface area (Å²) in [6, 6.07) is 13.6. The topological polar surface area (TPSA) is 98.5 Å². The fourth-order valence-electron chi connectivity index (χ4n) is 2.61. The second kappa shape index (κ2) is 8.50. The van der Waals surface area contributed by atoms with Gasteiger partial charge in [-0.1, -0.05) is 41.3 Å². The summed E-state index contributed by atoms with van der Waals surface area (Å²) in [6.07, 6.45) is 3.43. The summed E-state index contributed by atoms with van der Waals surface area (Å²) in [5, 5.41) is 20.9. The summed E-state index contributed by atoms with van der Waals surface area (Å²) >= 11 is 2.67. The van der Waals surface area contributed by atoms with Gasteiger partial charge in [-0.2, -0.15) is 0 Å². The Morgan fingerprint density at radius 1 is 1.07 bits per heavy atom. The fraction of sp³-hybridized carbons (Fsp3) is 0.158. The minimum absolute atomic E-state index is 0.167. The first-order chi connectivity index (χ1) is 14.1. The Labute approximate surface area is 175 Å². The number of amides is 1. The molecule has 4 aromatic rings. The summed E-state index contributed by atoms with van der Waals surface area (Å²) in [5.41, 5.74) is 1.81. The number of benzene rings is 1. The molecule has 146 valence electrons. The van der Waals surface area contributed by atoms with Crippen molar-refractivity contribution in [3.8, 4) is 17.1 Å². The molecule has 0 saturated heterocycles. The smallest absolute Gasteiger partial charge is 0.239 e. The van der Waals surface area contributed by atoms with E-state index < -0.39 is 5.25 Å². The van der Waals surface area contributed by atoms with Gasteiger partial charge < -0.3 is 0 Å². The van der Waals surface area contributed by atoms with E-state index in [0.29, 0.717) is 16.1 Å². The average Bonchev–Trinajstić information content (AvgIpc) is 3.35. The lowest BCUT2D eigenvalue weighted by Gasteiger charge is -2.13. The number of hydrogen-bond acceptors (Lipinski definition) is 8. The zero-order valence-corrected chi connectivity index (χ0v) is 17.3. The molecule has 1 aromatic carbocycles. The van der Waals surface area contributed by atoms with Crippen molar-refractivity contribution in [1.82, 2.24) is 29.9 Å².